The molecule has 1 amide bonds. The van der Waals surface area contributed by atoms with Gasteiger partial charge in [-0.05, 0) is 6.92 Å². The topological polar surface area (TPSA) is 112 Å². The van der Waals surface area contributed by atoms with Gasteiger partial charge in [-0.15, -0.1) is 0 Å². The Bertz CT molecular complexity index is 485. The van der Waals surface area contributed by atoms with Gasteiger partial charge in [-0.2, -0.15) is 10.2 Å². The number of amides is 1. The van der Waals surface area contributed by atoms with Gasteiger partial charge in [0.15, 0.2) is 0 Å². The lowest BCUT2D eigenvalue weighted by molar-refractivity contribution is 0.102. The van der Waals surface area contributed by atoms with Gasteiger partial charge in [0.25, 0.3) is 5.91 Å². The summed E-state index contributed by atoms with van der Waals surface area (Å²) in [4.78, 5) is 11.6. The summed E-state index contributed by atoms with van der Waals surface area (Å²) in [5.41, 5.74) is 6.93. The summed E-state index contributed by atoms with van der Waals surface area (Å²) >= 11 is 0. The Hall–Kier alpha value is -2.31. The number of carbonyl (C=O) groups is 1. The summed E-state index contributed by atoms with van der Waals surface area (Å²) in [6.45, 7) is 1.83. The lowest BCUT2D eigenvalue weighted by atomic mass is 10.3. The molecule has 0 aromatic carbocycles. The number of hydrogen-bond donors (Lipinski definition) is 4. The quantitative estimate of drug-likeness (QED) is 0.565. The van der Waals surface area contributed by atoms with E-state index in [-0.39, 0.29) is 11.6 Å². The number of hydrogen-bond acceptors (Lipinski definition) is 4. The number of aromatic nitrogens is 4. The number of H-pyrrole nitrogens is 2. The number of carbonyl (C=O) groups excluding carboxylic acids is 1. The van der Waals surface area contributed by atoms with Gasteiger partial charge in [0.1, 0.15) is 11.5 Å². The van der Waals surface area contributed by atoms with Crippen molar-refractivity contribution in [1.29, 1.82) is 0 Å². The van der Waals surface area contributed by atoms with Crippen LogP contribution in [0.2, 0.25) is 0 Å². The Morgan fingerprint density at radius 2 is 2.13 bits per heavy atom. The third-order valence-electron chi connectivity index (χ3n) is 1.96. The van der Waals surface area contributed by atoms with E-state index >= 15 is 0 Å². The van der Waals surface area contributed by atoms with Crippen LogP contribution in [0.4, 0.5) is 11.5 Å². The molecule has 7 heteroatoms. The van der Waals surface area contributed by atoms with Crippen LogP contribution in [0.5, 0.6) is 0 Å². The number of anilines is 2. The fourth-order valence-electron chi connectivity index (χ4n) is 1.13. The van der Waals surface area contributed by atoms with Gasteiger partial charge in [-0.25, -0.2) is 0 Å². The summed E-state index contributed by atoms with van der Waals surface area (Å²) in [5.74, 6) is 0.200. The molecule has 5 N–H and O–H groups in total. The molecule has 0 atom stereocenters. The monoisotopic (exact) mass is 206 g/mol. The van der Waals surface area contributed by atoms with Crippen LogP contribution < -0.4 is 11.1 Å². The lowest BCUT2D eigenvalue weighted by Gasteiger charge is -2.01. The van der Waals surface area contributed by atoms with E-state index in [0.717, 1.165) is 5.56 Å². The second-order valence-corrected chi connectivity index (χ2v) is 3.08. The molecule has 0 spiro atoms. The van der Waals surface area contributed by atoms with Crippen LogP contribution in [-0.4, -0.2) is 26.3 Å². The molecule has 0 fully saturated rings. The molecule has 2 rings (SSSR count). The Morgan fingerprint density at radius 3 is 2.67 bits per heavy atom. The van der Waals surface area contributed by atoms with Crippen molar-refractivity contribution in [2.45, 2.75) is 6.92 Å². The highest BCUT2D eigenvalue weighted by Crippen LogP contribution is 2.12. The van der Waals surface area contributed by atoms with Crippen molar-refractivity contribution in [1.82, 2.24) is 20.4 Å². The zero-order valence-electron chi connectivity index (χ0n) is 8.03. The zero-order valence-corrected chi connectivity index (χ0v) is 8.03. The van der Waals surface area contributed by atoms with Gasteiger partial charge in [0.05, 0.1) is 18.1 Å². The van der Waals surface area contributed by atoms with Gasteiger partial charge >= 0.3 is 0 Å². The molecular formula is C8H10N6O. The zero-order chi connectivity index (χ0) is 10.8. The first-order valence-electron chi connectivity index (χ1n) is 4.28. The molecule has 0 bridgehead atoms. The Kier molecular flexibility index (Phi) is 2.13. The minimum atomic E-state index is -0.350. The summed E-state index contributed by atoms with van der Waals surface area (Å²) in [6, 6.07) is 0. The average Bonchev–Trinajstić information content (AvgIpc) is 2.76. The summed E-state index contributed by atoms with van der Waals surface area (Å²) < 4.78 is 0. The normalized spacial score (nSPS) is 10.2. The maximum atomic E-state index is 11.6. The largest absolute Gasteiger partial charge is 0.396 e. The number of nitrogens with one attached hydrogen (secondary N) is 3. The Balaban J connectivity index is 2.18. The molecule has 78 valence electrons. The van der Waals surface area contributed by atoms with E-state index in [1.54, 1.807) is 6.20 Å². The van der Waals surface area contributed by atoms with Gasteiger partial charge in [0, 0.05) is 5.56 Å². The molecule has 0 aliphatic heterocycles. The average molecular weight is 206 g/mol. The molecule has 2 heterocycles. The van der Waals surface area contributed by atoms with E-state index in [1.807, 2.05) is 6.92 Å². The molecule has 0 aliphatic carbocycles. The van der Waals surface area contributed by atoms with Crippen molar-refractivity contribution in [3.05, 3.63) is 23.7 Å². The molecule has 0 saturated heterocycles. The summed E-state index contributed by atoms with van der Waals surface area (Å²) in [7, 11) is 0. The molecular weight excluding hydrogens is 196 g/mol. The second-order valence-electron chi connectivity index (χ2n) is 3.08. The maximum Gasteiger partial charge on any atom is 0.276 e. The van der Waals surface area contributed by atoms with E-state index in [9.17, 15) is 4.79 Å². The van der Waals surface area contributed by atoms with Crippen molar-refractivity contribution in [3.8, 4) is 0 Å². The Labute approximate surface area is 85.1 Å². The van der Waals surface area contributed by atoms with E-state index in [4.69, 9.17) is 5.73 Å². The Morgan fingerprint density at radius 1 is 1.40 bits per heavy atom. The molecule has 7 nitrogen and oxygen atoms in total. The van der Waals surface area contributed by atoms with Crippen molar-refractivity contribution >= 4 is 17.4 Å². The molecule has 15 heavy (non-hydrogen) atoms. The number of nitrogens with two attached hydrogens (primary N) is 1. The molecule has 2 aromatic rings. The number of nitrogen functional groups attached to an aromatic ring is 1. The van der Waals surface area contributed by atoms with Crippen LogP contribution >= 0.6 is 0 Å². The smallest absolute Gasteiger partial charge is 0.276 e. The SMILES string of the molecule is Cc1cn[nH]c1NC(=O)c1[nH]ncc1N. The minimum absolute atomic E-state index is 0.240. The van der Waals surface area contributed by atoms with Crippen LogP contribution in [0.1, 0.15) is 16.1 Å². The first-order valence-corrected chi connectivity index (χ1v) is 4.28. The van der Waals surface area contributed by atoms with Crippen LogP contribution in [0.3, 0.4) is 0 Å². The summed E-state index contributed by atoms with van der Waals surface area (Å²) in [5, 5.41) is 15.2. The van der Waals surface area contributed by atoms with Crippen LogP contribution in [-0.2, 0) is 0 Å². The van der Waals surface area contributed by atoms with E-state index in [0.29, 0.717) is 11.5 Å². The highest BCUT2D eigenvalue weighted by atomic mass is 16.2. The minimum Gasteiger partial charge on any atom is -0.396 e. The first kappa shape index (κ1) is 9.25. The van der Waals surface area contributed by atoms with Gasteiger partial charge in [-0.1, -0.05) is 0 Å². The predicted molar refractivity (Wildman–Crippen MR) is 54.3 cm³/mol. The molecule has 0 radical (unpaired) electrons. The molecule has 0 aliphatic rings. The first-order chi connectivity index (χ1) is 7.18. The van der Waals surface area contributed by atoms with Crippen LogP contribution in [0, 0.1) is 6.92 Å². The third kappa shape index (κ3) is 1.66. The highest BCUT2D eigenvalue weighted by molar-refractivity contribution is 6.05. The van der Waals surface area contributed by atoms with Crippen molar-refractivity contribution < 1.29 is 4.79 Å². The van der Waals surface area contributed by atoms with Crippen LogP contribution in [0.15, 0.2) is 12.4 Å². The maximum absolute atomic E-state index is 11.6. The fraction of sp³-hybridized carbons (Fsp3) is 0.125. The van der Waals surface area contributed by atoms with Gasteiger partial charge < -0.3 is 11.1 Å². The van der Waals surface area contributed by atoms with Gasteiger partial charge in [-0.3, -0.25) is 15.0 Å². The molecule has 2 aromatic heterocycles. The van der Waals surface area contributed by atoms with Crippen LogP contribution in [0.25, 0.3) is 0 Å². The number of aryl methyl sites for hydroxylation is 1. The molecule has 0 saturated carbocycles. The third-order valence-corrected chi connectivity index (χ3v) is 1.96. The number of aromatic amines is 2. The molecule has 0 unspecified atom stereocenters. The predicted octanol–water partition coefficient (Wildman–Crippen LogP) is 0.276. The highest BCUT2D eigenvalue weighted by Gasteiger charge is 2.13. The van der Waals surface area contributed by atoms with Crippen molar-refractivity contribution in [3.63, 3.8) is 0 Å². The van der Waals surface area contributed by atoms with E-state index in [2.05, 4.69) is 25.7 Å². The van der Waals surface area contributed by atoms with Crippen molar-refractivity contribution in [2.24, 2.45) is 0 Å². The second kappa shape index (κ2) is 3.45. The van der Waals surface area contributed by atoms with E-state index in [1.165, 1.54) is 6.20 Å². The standard InChI is InChI=1S/C8H10N6O/c1-4-2-10-14-7(4)12-8(15)6-5(9)3-11-13-6/h2-3H,9H2,1H3,(H,11,13)(H2,10,12,14,15). The van der Waals surface area contributed by atoms with Gasteiger partial charge in [0.2, 0.25) is 0 Å². The summed E-state index contributed by atoms with van der Waals surface area (Å²) in [6.07, 6.45) is 3.00. The van der Waals surface area contributed by atoms with Crippen molar-refractivity contribution in [2.75, 3.05) is 11.1 Å². The lowest BCUT2D eigenvalue weighted by Crippen LogP contribution is -2.15. The van der Waals surface area contributed by atoms with E-state index < -0.39 is 0 Å². The number of nitrogens with zero attached hydrogens (tertiary/aromatic N) is 2. The fourth-order valence-corrected chi connectivity index (χ4v) is 1.13. The number of rotatable bonds is 2.